The molecule has 0 spiro atoms. The highest BCUT2D eigenvalue weighted by atomic mass is 32.2. The second-order valence-electron chi connectivity index (χ2n) is 5.56. The highest BCUT2D eigenvalue weighted by molar-refractivity contribution is 8.26. The third-order valence-electron chi connectivity index (χ3n) is 3.55. The third-order valence-corrected chi connectivity index (χ3v) is 4.71. The zero-order valence-electron chi connectivity index (χ0n) is 14.2. The minimum atomic E-state index is -0.514. The van der Waals surface area contributed by atoms with E-state index in [9.17, 15) is 19.7 Å². The van der Waals surface area contributed by atoms with Crippen LogP contribution in [0.3, 0.4) is 0 Å². The standard InChI is InChI=1S/C18H13N3O5S2/c22-16(19-12-3-5-13(6-4-12)21(24)25)10-26-14-7-1-11(2-8-14)9-15-17(23)20-18(27)28-15/h1-9H,10H2,(H,19,22)(H,20,23,27)/b15-9-. The van der Waals surface area contributed by atoms with Crippen molar-refractivity contribution >= 4 is 57.6 Å². The van der Waals surface area contributed by atoms with E-state index in [-0.39, 0.29) is 18.2 Å². The lowest BCUT2D eigenvalue weighted by Gasteiger charge is -2.08. The van der Waals surface area contributed by atoms with Gasteiger partial charge in [-0.2, -0.15) is 0 Å². The van der Waals surface area contributed by atoms with Gasteiger partial charge in [0, 0.05) is 17.8 Å². The number of nitrogens with one attached hydrogen (secondary N) is 2. The Morgan fingerprint density at radius 2 is 1.89 bits per heavy atom. The fourth-order valence-electron chi connectivity index (χ4n) is 2.25. The van der Waals surface area contributed by atoms with Gasteiger partial charge in [0.2, 0.25) is 0 Å². The first-order chi connectivity index (χ1) is 13.4. The lowest BCUT2D eigenvalue weighted by Crippen LogP contribution is -2.20. The number of amides is 2. The lowest BCUT2D eigenvalue weighted by atomic mass is 10.2. The second-order valence-corrected chi connectivity index (χ2v) is 7.28. The van der Waals surface area contributed by atoms with Crippen LogP contribution in [0.15, 0.2) is 53.4 Å². The van der Waals surface area contributed by atoms with E-state index in [0.717, 1.165) is 5.56 Å². The number of ether oxygens (including phenoxy) is 1. The average Bonchev–Trinajstić information content (AvgIpc) is 2.98. The van der Waals surface area contributed by atoms with E-state index in [2.05, 4.69) is 10.6 Å². The molecule has 1 saturated heterocycles. The third kappa shape index (κ3) is 5.15. The summed E-state index contributed by atoms with van der Waals surface area (Å²) < 4.78 is 5.85. The lowest BCUT2D eigenvalue weighted by molar-refractivity contribution is -0.384. The van der Waals surface area contributed by atoms with Crippen LogP contribution in [0.4, 0.5) is 11.4 Å². The van der Waals surface area contributed by atoms with E-state index in [1.807, 2.05) is 0 Å². The Morgan fingerprint density at radius 3 is 2.46 bits per heavy atom. The number of rotatable bonds is 6. The summed E-state index contributed by atoms with van der Waals surface area (Å²) >= 11 is 6.14. The van der Waals surface area contributed by atoms with Crippen molar-refractivity contribution in [3.8, 4) is 5.75 Å². The van der Waals surface area contributed by atoms with Crippen LogP contribution in [0, 0.1) is 10.1 Å². The van der Waals surface area contributed by atoms with Crippen LogP contribution in [-0.2, 0) is 9.59 Å². The smallest absolute Gasteiger partial charge is 0.269 e. The minimum absolute atomic E-state index is 0.0559. The summed E-state index contributed by atoms with van der Waals surface area (Å²) in [7, 11) is 0. The first kappa shape index (κ1) is 19.5. The van der Waals surface area contributed by atoms with E-state index in [4.69, 9.17) is 17.0 Å². The molecule has 0 aromatic heterocycles. The predicted molar refractivity (Wildman–Crippen MR) is 110 cm³/mol. The molecule has 1 fully saturated rings. The maximum atomic E-state index is 11.9. The number of carbonyl (C=O) groups excluding carboxylic acids is 2. The first-order valence-corrected chi connectivity index (χ1v) is 9.15. The van der Waals surface area contributed by atoms with E-state index in [1.54, 1.807) is 30.3 Å². The first-order valence-electron chi connectivity index (χ1n) is 7.93. The van der Waals surface area contributed by atoms with Crippen LogP contribution < -0.4 is 15.4 Å². The van der Waals surface area contributed by atoms with Gasteiger partial charge in [0.1, 0.15) is 10.1 Å². The van der Waals surface area contributed by atoms with Gasteiger partial charge in [-0.25, -0.2) is 0 Å². The van der Waals surface area contributed by atoms with Crippen LogP contribution >= 0.6 is 24.0 Å². The van der Waals surface area contributed by atoms with Crippen molar-refractivity contribution in [2.45, 2.75) is 0 Å². The van der Waals surface area contributed by atoms with Crippen LogP contribution in [-0.4, -0.2) is 27.7 Å². The molecule has 0 bridgehead atoms. The number of non-ortho nitro benzene ring substituents is 1. The maximum absolute atomic E-state index is 11.9. The Hall–Kier alpha value is -3.24. The molecule has 1 heterocycles. The van der Waals surface area contributed by atoms with E-state index in [0.29, 0.717) is 20.7 Å². The van der Waals surface area contributed by atoms with Gasteiger partial charge in [0.25, 0.3) is 17.5 Å². The molecule has 1 aliphatic heterocycles. The highest BCUT2D eigenvalue weighted by Crippen LogP contribution is 2.26. The maximum Gasteiger partial charge on any atom is 0.269 e. The van der Waals surface area contributed by atoms with E-state index in [1.165, 1.54) is 36.0 Å². The van der Waals surface area contributed by atoms with Gasteiger partial charge in [0.05, 0.1) is 9.83 Å². The quantitative estimate of drug-likeness (QED) is 0.323. The van der Waals surface area contributed by atoms with Crippen molar-refractivity contribution in [1.29, 1.82) is 0 Å². The molecule has 142 valence electrons. The number of benzene rings is 2. The van der Waals surface area contributed by atoms with Gasteiger partial charge in [-0.15, -0.1) is 0 Å². The van der Waals surface area contributed by atoms with Crippen LogP contribution in [0.5, 0.6) is 5.75 Å². The highest BCUT2D eigenvalue weighted by Gasteiger charge is 2.21. The molecular formula is C18H13N3O5S2. The summed E-state index contributed by atoms with van der Waals surface area (Å²) in [5.41, 5.74) is 1.18. The molecule has 0 saturated carbocycles. The van der Waals surface area contributed by atoms with Crippen LogP contribution in [0.2, 0.25) is 0 Å². The van der Waals surface area contributed by atoms with Gasteiger partial charge >= 0.3 is 0 Å². The topological polar surface area (TPSA) is 111 Å². The fraction of sp³-hybridized carbons (Fsp3) is 0.0556. The number of thiocarbonyl (C=S) groups is 1. The molecule has 3 rings (SSSR count). The SMILES string of the molecule is O=C(COc1ccc(/C=C2\SC(=S)NC2=O)cc1)Nc1ccc([N+](=O)[O-])cc1. The molecular weight excluding hydrogens is 402 g/mol. The Labute approximate surface area is 169 Å². The molecule has 0 unspecified atom stereocenters. The predicted octanol–water partition coefficient (Wildman–Crippen LogP) is 3.10. The summed E-state index contributed by atoms with van der Waals surface area (Å²) in [4.78, 5) is 34.2. The molecule has 2 aromatic carbocycles. The molecule has 0 atom stereocenters. The molecule has 0 aliphatic carbocycles. The summed E-state index contributed by atoms with van der Waals surface area (Å²) in [5, 5.41) is 15.7. The zero-order valence-corrected chi connectivity index (χ0v) is 15.8. The summed E-state index contributed by atoms with van der Waals surface area (Å²) in [6, 6.07) is 12.4. The van der Waals surface area contributed by atoms with Crippen molar-refractivity contribution in [2.75, 3.05) is 11.9 Å². The number of carbonyl (C=O) groups is 2. The number of nitro groups is 1. The second kappa shape index (κ2) is 8.63. The van der Waals surface area contributed by atoms with E-state index < -0.39 is 10.8 Å². The van der Waals surface area contributed by atoms with Crippen LogP contribution in [0.1, 0.15) is 5.56 Å². The van der Waals surface area contributed by atoms with E-state index >= 15 is 0 Å². The normalized spacial score (nSPS) is 14.6. The molecule has 8 nitrogen and oxygen atoms in total. The Kier molecular flexibility index (Phi) is 6.02. The van der Waals surface area contributed by atoms with Crippen molar-refractivity contribution in [3.05, 3.63) is 69.1 Å². The Morgan fingerprint density at radius 1 is 1.21 bits per heavy atom. The molecule has 28 heavy (non-hydrogen) atoms. The van der Waals surface area contributed by atoms with Gasteiger partial charge in [0.15, 0.2) is 6.61 Å². The molecule has 2 aromatic rings. The number of nitrogens with zero attached hydrogens (tertiary/aromatic N) is 1. The van der Waals surface area contributed by atoms with Crippen molar-refractivity contribution in [1.82, 2.24) is 5.32 Å². The van der Waals surface area contributed by atoms with Gasteiger partial charge < -0.3 is 15.4 Å². The number of hydrogen-bond acceptors (Lipinski definition) is 7. The summed E-state index contributed by atoms with van der Waals surface area (Å²) in [6.07, 6.45) is 1.71. The molecule has 2 amide bonds. The Balaban J connectivity index is 1.52. The Bertz CT molecular complexity index is 972. The number of thioether (sulfide) groups is 1. The van der Waals surface area contributed by atoms with Crippen molar-refractivity contribution in [2.24, 2.45) is 0 Å². The summed E-state index contributed by atoms with van der Waals surface area (Å²) in [5.74, 6) is -0.133. The number of anilines is 1. The summed E-state index contributed by atoms with van der Waals surface area (Å²) in [6.45, 7) is -0.218. The van der Waals surface area contributed by atoms with Crippen molar-refractivity contribution < 1.29 is 19.2 Å². The molecule has 1 aliphatic rings. The molecule has 10 heteroatoms. The zero-order chi connectivity index (χ0) is 20.1. The molecule has 2 N–H and O–H groups in total. The van der Waals surface area contributed by atoms with Crippen LogP contribution in [0.25, 0.3) is 6.08 Å². The fourth-order valence-corrected chi connectivity index (χ4v) is 3.29. The van der Waals surface area contributed by atoms with Crippen molar-refractivity contribution in [3.63, 3.8) is 0 Å². The van der Waals surface area contributed by atoms with Gasteiger partial charge in [-0.05, 0) is 35.9 Å². The average molecular weight is 415 g/mol. The largest absolute Gasteiger partial charge is 0.484 e. The minimum Gasteiger partial charge on any atom is -0.484 e. The van der Waals surface area contributed by atoms with Gasteiger partial charge in [-0.3, -0.25) is 19.7 Å². The van der Waals surface area contributed by atoms with Gasteiger partial charge in [-0.1, -0.05) is 36.1 Å². The monoisotopic (exact) mass is 415 g/mol. The number of nitro benzene ring substituents is 1. The molecule has 0 radical (unpaired) electrons. The number of hydrogen-bond donors (Lipinski definition) is 2.